The van der Waals surface area contributed by atoms with E-state index in [-0.39, 0.29) is 11.8 Å². The number of carbonyl (C=O) groups excluding carboxylic acids is 1. The number of amides is 1. The fourth-order valence-corrected chi connectivity index (χ4v) is 3.04. The molecule has 0 aliphatic carbocycles. The second-order valence-electron chi connectivity index (χ2n) is 5.28. The molecule has 0 bridgehead atoms. The van der Waals surface area contributed by atoms with E-state index in [9.17, 15) is 4.79 Å². The molecule has 0 spiro atoms. The lowest BCUT2D eigenvalue weighted by Gasteiger charge is -2.35. The Morgan fingerprint density at radius 3 is 2.74 bits per heavy atom. The highest BCUT2D eigenvalue weighted by atomic mass is 32.1. The van der Waals surface area contributed by atoms with Gasteiger partial charge in [0.1, 0.15) is 0 Å². The van der Waals surface area contributed by atoms with Crippen molar-refractivity contribution in [3.05, 3.63) is 22.4 Å². The molecule has 1 atom stereocenters. The Hall–Kier alpha value is -0.910. The summed E-state index contributed by atoms with van der Waals surface area (Å²) in [5, 5.41) is 2.11. The van der Waals surface area contributed by atoms with E-state index in [2.05, 4.69) is 22.4 Å². The lowest BCUT2D eigenvalue weighted by Crippen LogP contribution is -2.48. The van der Waals surface area contributed by atoms with Gasteiger partial charge in [0.2, 0.25) is 5.91 Å². The number of hydrogen-bond donors (Lipinski definition) is 1. The normalized spacial score (nSPS) is 18.5. The van der Waals surface area contributed by atoms with Gasteiger partial charge in [-0.05, 0) is 23.9 Å². The van der Waals surface area contributed by atoms with Crippen molar-refractivity contribution in [3.63, 3.8) is 0 Å². The van der Waals surface area contributed by atoms with Crippen LogP contribution < -0.4 is 5.73 Å². The van der Waals surface area contributed by atoms with Crippen molar-refractivity contribution in [2.24, 2.45) is 11.7 Å². The predicted molar refractivity (Wildman–Crippen MR) is 79.0 cm³/mol. The van der Waals surface area contributed by atoms with E-state index in [4.69, 9.17) is 5.73 Å². The Bertz CT molecular complexity index is 385. The zero-order valence-corrected chi connectivity index (χ0v) is 12.4. The summed E-state index contributed by atoms with van der Waals surface area (Å²) in [4.78, 5) is 17.8. The van der Waals surface area contributed by atoms with Gasteiger partial charge >= 0.3 is 0 Å². The molecule has 1 unspecified atom stereocenters. The summed E-state index contributed by atoms with van der Waals surface area (Å²) in [7, 11) is 0. The highest BCUT2D eigenvalue weighted by Crippen LogP contribution is 2.14. The minimum Gasteiger partial charge on any atom is -0.340 e. The Kier molecular flexibility index (Phi) is 5.36. The van der Waals surface area contributed by atoms with Crippen LogP contribution in [0.1, 0.15) is 18.2 Å². The number of rotatable bonds is 5. The smallest absolute Gasteiger partial charge is 0.222 e. The van der Waals surface area contributed by atoms with Crippen molar-refractivity contribution < 1.29 is 4.79 Å². The van der Waals surface area contributed by atoms with E-state index in [0.717, 1.165) is 32.7 Å². The third-order valence-corrected chi connectivity index (χ3v) is 4.47. The minimum atomic E-state index is 0.258. The van der Waals surface area contributed by atoms with Crippen molar-refractivity contribution in [2.75, 3.05) is 32.7 Å². The summed E-state index contributed by atoms with van der Waals surface area (Å²) in [6, 6.07) is 4.26. The van der Waals surface area contributed by atoms with Gasteiger partial charge in [0.05, 0.1) is 0 Å². The van der Waals surface area contributed by atoms with Crippen LogP contribution in [0.5, 0.6) is 0 Å². The third kappa shape index (κ3) is 4.30. The number of nitrogens with zero attached hydrogens (tertiary/aromatic N) is 2. The van der Waals surface area contributed by atoms with Crippen LogP contribution >= 0.6 is 11.3 Å². The molecule has 106 valence electrons. The summed E-state index contributed by atoms with van der Waals surface area (Å²) in [6.07, 6.45) is 0.585. The second kappa shape index (κ2) is 7.03. The van der Waals surface area contributed by atoms with Crippen molar-refractivity contribution in [1.82, 2.24) is 9.80 Å². The minimum absolute atomic E-state index is 0.258. The van der Waals surface area contributed by atoms with E-state index in [0.29, 0.717) is 13.0 Å². The Balaban J connectivity index is 1.74. The van der Waals surface area contributed by atoms with Gasteiger partial charge in [0.15, 0.2) is 0 Å². The first-order valence-electron chi connectivity index (χ1n) is 6.91. The van der Waals surface area contributed by atoms with Gasteiger partial charge in [-0.15, -0.1) is 11.3 Å². The van der Waals surface area contributed by atoms with Crippen LogP contribution in [-0.4, -0.2) is 48.4 Å². The Labute approximate surface area is 119 Å². The molecular formula is C14H23N3OS. The zero-order valence-electron chi connectivity index (χ0n) is 11.5. The first kappa shape index (κ1) is 14.5. The standard InChI is InChI=1S/C14H23N3OS/c1-12(10-15)9-14(18)17-6-4-16(5-7-17)11-13-3-2-8-19-13/h2-3,8,12H,4-7,9-11,15H2,1H3. The highest BCUT2D eigenvalue weighted by Gasteiger charge is 2.22. The maximum Gasteiger partial charge on any atom is 0.222 e. The molecule has 2 rings (SSSR count). The average Bonchev–Trinajstić information content (AvgIpc) is 2.92. The molecule has 19 heavy (non-hydrogen) atoms. The lowest BCUT2D eigenvalue weighted by molar-refractivity contribution is -0.133. The molecular weight excluding hydrogens is 258 g/mol. The van der Waals surface area contributed by atoms with E-state index < -0.39 is 0 Å². The SMILES string of the molecule is CC(CN)CC(=O)N1CCN(Cc2cccs2)CC1. The van der Waals surface area contributed by atoms with Gasteiger partial charge in [-0.25, -0.2) is 0 Å². The first-order chi connectivity index (χ1) is 9.19. The molecule has 1 aliphatic rings. The molecule has 0 saturated carbocycles. The monoisotopic (exact) mass is 281 g/mol. The van der Waals surface area contributed by atoms with Crippen LogP contribution in [0.25, 0.3) is 0 Å². The number of nitrogens with two attached hydrogens (primary N) is 1. The van der Waals surface area contributed by atoms with E-state index in [1.165, 1.54) is 4.88 Å². The van der Waals surface area contributed by atoms with Crippen molar-refractivity contribution in [3.8, 4) is 0 Å². The molecule has 2 N–H and O–H groups in total. The van der Waals surface area contributed by atoms with Crippen molar-refractivity contribution >= 4 is 17.2 Å². The van der Waals surface area contributed by atoms with E-state index in [1.54, 1.807) is 11.3 Å². The van der Waals surface area contributed by atoms with Crippen LogP contribution in [0.3, 0.4) is 0 Å². The van der Waals surface area contributed by atoms with Crippen LogP contribution in [0.4, 0.5) is 0 Å². The van der Waals surface area contributed by atoms with Gasteiger partial charge in [-0.2, -0.15) is 0 Å². The highest BCUT2D eigenvalue weighted by molar-refractivity contribution is 7.09. The molecule has 1 amide bonds. The van der Waals surface area contributed by atoms with Gasteiger partial charge in [0, 0.05) is 44.0 Å². The molecule has 4 nitrogen and oxygen atoms in total. The summed E-state index contributed by atoms with van der Waals surface area (Å²) in [5.41, 5.74) is 5.57. The average molecular weight is 281 g/mol. The fourth-order valence-electron chi connectivity index (χ4n) is 2.29. The first-order valence-corrected chi connectivity index (χ1v) is 7.79. The van der Waals surface area contributed by atoms with E-state index in [1.807, 2.05) is 11.8 Å². The molecule has 1 fully saturated rings. The molecule has 1 saturated heterocycles. The summed E-state index contributed by atoms with van der Waals surface area (Å²) in [6.45, 7) is 7.28. The summed E-state index contributed by atoms with van der Waals surface area (Å²) < 4.78 is 0. The largest absolute Gasteiger partial charge is 0.340 e. The van der Waals surface area contributed by atoms with Gasteiger partial charge in [-0.1, -0.05) is 13.0 Å². The molecule has 5 heteroatoms. The van der Waals surface area contributed by atoms with E-state index >= 15 is 0 Å². The van der Waals surface area contributed by atoms with Crippen LogP contribution in [0.2, 0.25) is 0 Å². The van der Waals surface area contributed by atoms with Gasteiger partial charge < -0.3 is 10.6 Å². The maximum absolute atomic E-state index is 12.0. The van der Waals surface area contributed by atoms with Crippen LogP contribution in [-0.2, 0) is 11.3 Å². The van der Waals surface area contributed by atoms with Crippen molar-refractivity contribution in [1.29, 1.82) is 0 Å². The van der Waals surface area contributed by atoms with Gasteiger partial charge in [-0.3, -0.25) is 9.69 Å². The molecule has 1 aromatic heterocycles. The lowest BCUT2D eigenvalue weighted by atomic mass is 10.1. The quantitative estimate of drug-likeness (QED) is 0.887. The van der Waals surface area contributed by atoms with Crippen LogP contribution in [0, 0.1) is 5.92 Å². The number of carbonyl (C=O) groups is 1. The number of piperazine rings is 1. The fraction of sp³-hybridized carbons (Fsp3) is 0.643. The summed E-state index contributed by atoms with van der Waals surface area (Å²) in [5.74, 6) is 0.547. The van der Waals surface area contributed by atoms with Crippen molar-refractivity contribution in [2.45, 2.75) is 19.9 Å². The molecule has 2 heterocycles. The molecule has 0 radical (unpaired) electrons. The molecule has 0 aromatic carbocycles. The maximum atomic E-state index is 12.0. The topological polar surface area (TPSA) is 49.6 Å². The van der Waals surface area contributed by atoms with Crippen LogP contribution in [0.15, 0.2) is 17.5 Å². The predicted octanol–water partition coefficient (Wildman–Crippen LogP) is 1.38. The van der Waals surface area contributed by atoms with Gasteiger partial charge in [0.25, 0.3) is 0 Å². The summed E-state index contributed by atoms with van der Waals surface area (Å²) >= 11 is 1.80. The zero-order chi connectivity index (χ0) is 13.7. The Morgan fingerprint density at radius 2 is 2.16 bits per heavy atom. The third-order valence-electron chi connectivity index (χ3n) is 3.61. The number of hydrogen-bond acceptors (Lipinski definition) is 4. The molecule has 1 aliphatic heterocycles. The number of thiophene rings is 1. The molecule has 1 aromatic rings. The second-order valence-corrected chi connectivity index (χ2v) is 6.31. The Morgan fingerprint density at radius 1 is 1.42 bits per heavy atom.